The maximum Gasteiger partial charge on any atom is 0.154 e. The topological polar surface area (TPSA) is 86.6 Å². The number of aliphatic hydroxyl groups is 2. The second kappa shape index (κ2) is 5.00. The van der Waals surface area contributed by atoms with Crippen LogP contribution >= 0.6 is 0 Å². The molecule has 0 spiro atoms. The normalized spacial score (nSPS) is 29.5. The number of rotatable bonds is 5. The van der Waals surface area contributed by atoms with Gasteiger partial charge >= 0.3 is 0 Å². The Labute approximate surface area is 96.8 Å². The lowest BCUT2D eigenvalue weighted by molar-refractivity contribution is 0.0986. The Morgan fingerprint density at radius 2 is 1.88 bits per heavy atom. The van der Waals surface area contributed by atoms with Crippen molar-refractivity contribution in [1.82, 2.24) is 5.32 Å². The van der Waals surface area contributed by atoms with Gasteiger partial charge in [-0.2, -0.15) is 0 Å². The van der Waals surface area contributed by atoms with E-state index in [9.17, 15) is 18.6 Å². The van der Waals surface area contributed by atoms with Crippen LogP contribution < -0.4 is 5.32 Å². The molecule has 0 aromatic rings. The summed E-state index contributed by atoms with van der Waals surface area (Å²) in [7, 11) is -3.14. The average Bonchev–Trinajstić information content (AvgIpc) is 2.48. The molecule has 1 heterocycles. The van der Waals surface area contributed by atoms with Gasteiger partial charge in [0.1, 0.15) is 0 Å². The van der Waals surface area contributed by atoms with E-state index in [0.717, 1.165) is 0 Å². The fraction of sp³-hybridized carbons (Fsp3) is 1.00. The van der Waals surface area contributed by atoms with Gasteiger partial charge in [-0.25, -0.2) is 8.42 Å². The first-order chi connectivity index (χ1) is 7.38. The monoisotopic (exact) mass is 251 g/mol. The zero-order valence-electron chi connectivity index (χ0n) is 9.81. The molecule has 0 aromatic carbocycles. The first kappa shape index (κ1) is 13.9. The summed E-state index contributed by atoms with van der Waals surface area (Å²) >= 11 is 0. The summed E-state index contributed by atoms with van der Waals surface area (Å²) in [6.07, 6.45) is 0.529. The Kier molecular flexibility index (Phi) is 4.34. The van der Waals surface area contributed by atoms with Crippen molar-refractivity contribution in [2.75, 3.05) is 18.1 Å². The Bertz CT molecular complexity index is 315. The first-order valence-corrected chi connectivity index (χ1v) is 7.47. The van der Waals surface area contributed by atoms with Gasteiger partial charge in [0.15, 0.2) is 9.84 Å². The minimum Gasteiger partial charge on any atom is -0.394 e. The molecule has 0 aromatic heterocycles. The summed E-state index contributed by atoms with van der Waals surface area (Å²) in [5, 5.41) is 22.1. The number of nitrogens with one attached hydrogen (secondary N) is 1. The highest BCUT2D eigenvalue weighted by Crippen LogP contribution is 2.20. The van der Waals surface area contributed by atoms with Crippen molar-refractivity contribution >= 4 is 9.84 Å². The second-order valence-corrected chi connectivity index (χ2v) is 6.69. The number of aliphatic hydroxyl groups excluding tert-OH is 2. The number of hydrogen-bond donors (Lipinski definition) is 3. The Morgan fingerprint density at radius 3 is 2.19 bits per heavy atom. The molecule has 0 aliphatic carbocycles. The van der Waals surface area contributed by atoms with E-state index in [1.54, 1.807) is 0 Å². The molecule has 0 bridgehead atoms. The molecule has 3 N–H and O–H groups in total. The summed E-state index contributed by atoms with van der Waals surface area (Å²) in [6, 6.07) is -0.461. The average molecular weight is 251 g/mol. The molecule has 0 amide bonds. The number of sulfone groups is 1. The molecule has 6 heteroatoms. The SMILES string of the molecule is CCC(CC)(CO)NC1CS(=O)(=O)CC1O. The molecule has 96 valence electrons. The summed E-state index contributed by atoms with van der Waals surface area (Å²) < 4.78 is 22.7. The van der Waals surface area contributed by atoms with Gasteiger partial charge in [0.25, 0.3) is 0 Å². The highest BCUT2D eigenvalue weighted by atomic mass is 32.2. The van der Waals surface area contributed by atoms with Gasteiger partial charge in [-0.1, -0.05) is 13.8 Å². The minimum atomic E-state index is -3.14. The van der Waals surface area contributed by atoms with Crippen LogP contribution in [0.5, 0.6) is 0 Å². The molecule has 1 saturated heterocycles. The third-order valence-electron chi connectivity index (χ3n) is 3.47. The Hall–Kier alpha value is -0.170. The van der Waals surface area contributed by atoms with Gasteiger partial charge in [-0.15, -0.1) is 0 Å². The molecule has 2 unspecified atom stereocenters. The Morgan fingerprint density at radius 1 is 1.31 bits per heavy atom. The highest BCUT2D eigenvalue weighted by molar-refractivity contribution is 7.91. The van der Waals surface area contributed by atoms with Crippen molar-refractivity contribution in [3.63, 3.8) is 0 Å². The fourth-order valence-corrected chi connectivity index (χ4v) is 3.82. The summed E-state index contributed by atoms with van der Waals surface area (Å²) in [6.45, 7) is 3.81. The minimum absolute atomic E-state index is 0.0457. The van der Waals surface area contributed by atoms with E-state index in [1.165, 1.54) is 0 Å². The zero-order chi connectivity index (χ0) is 12.4. The molecule has 1 aliphatic rings. The van der Waals surface area contributed by atoms with Crippen molar-refractivity contribution < 1.29 is 18.6 Å². The van der Waals surface area contributed by atoms with E-state index in [-0.39, 0.29) is 18.1 Å². The molecule has 16 heavy (non-hydrogen) atoms. The molecule has 0 radical (unpaired) electrons. The summed E-state index contributed by atoms with van der Waals surface area (Å²) in [5.74, 6) is -0.227. The largest absolute Gasteiger partial charge is 0.394 e. The second-order valence-electron chi connectivity index (χ2n) is 4.54. The van der Waals surface area contributed by atoms with E-state index in [0.29, 0.717) is 12.8 Å². The zero-order valence-corrected chi connectivity index (χ0v) is 10.6. The molecule has 5 nitrogen and oxygen atoms in total. The molecule has 0 saturated carbocycles. The van der Waals surface area contributed by atoms with Crippen LogP contribution in [0.1, 0.15) is 26.7 Å². The van der Waals surface area contributed by atoms with Crippen LogP contribution in [0.15, 0.2) is 0 Å². The van der Waals surface area contributed by atoms with Crippen LogP contribution in [0.2, 0.25) is 0 Å². The third-order valence-corrected chi connectivity index (χ3v) is 5.19. The van der Waals surface area contributed by atoms with Crippen LogP contribution in [0, 0.1) is 0 Å². The van der Waals surface area contributed by atoms with E-state index in [2.05, 4.69) is 5.32 Å². The van der Waals surface area contributed by atoms with Crippen molar-refractivity contribution in [3.05, 3.63) is 0 Å². The van der Waals surface area contributed by atoms with E-state index >= 15 is 0 Å². The van der Waals surface area contributed by atoms with Gasteiger partial charge in [0.2, 0.25) is 0 Å². The van der Waals surface area contributed by atoms with E-state index < -0.39 is 27.5 Å². The van der Waals surface area contributed by atoms with Crippen LogP contribution in [0.25, 0.3) is 0 Å². The van der Waals surface area contributed by atoms with E-state index in [1.807, 2.05) is 13.8 Å². The lowest BCUT2D eigenvalue weighted by atomic mass is 9.92. The molecule has 2 atom stereocenters. The Balaban J connectivity index is 2.73. The fourth-order valence-electron chi connectivity index (χ4n) is 2.08. The van der Waals surface area contributed by atoms with Gasteiger partial charge < -0.3 is 15.5 Å². The van der Waals surface area contributed by atoms with Gasteiger partial charge in [0.05, 0.1) is 24.2 Å². The highest BCUT2D eigenvalue weighted by Gasteiger charge is 2.40. The van der Waals surface area contributed by atoms with Crippen molar-refractivity contribution in [2.45, 2.75) is 44.4 Å². The van der Waals surface area contributed by atoms with E-state index in [4.69, 9.17) is 0 Å². The molecule has 1 fully saturated rings. The van der Waals surface area contributed by atoms with Crippen molar-refractivity contribution in [3.8, 4) is 0 Å². The lowest BCUT2D eigenvalue weighted by Crippen LogP contribution is -2.55. The molecular weight excluding hydrogens is 230 g/mol. The molecule has 1 aliphatic heterocycles. The predicted octanol–water partition coefficient (Wildman–Crippen LogP) is -0.715. The van der Waals surface area contributed by atoms with Crippen LogP contribution in [-0.2, 0) is 9.84 Å². The molecule has 1 rings (SSSR count). The lowest BCUT2D eigenvalue weighted by Gasteiger charge is -2.34. The first-order valence-electron chi connectivity index (χ1n) is 5.65. The quantitative estimate of drug-likeness (QED) is 0.600. The van der Waals surface area contributed by atoms with Crippen LogP contribution in [0.3, 0.4) is 0 Å². The third kappa shape index (κ3) is 2.94. The maximum absolute atomic E-state index is 11.3. The number of hydrogen-bond acceptors (Lipinski definition) is 5. The molecular formula is C10H21NO4S. The maximum atomic E-state index is 11.3. The van der Waals surface area contributed by atoms with Gasteiger partial charge in [-0.05, 0) is 12.8 Å². The standard InChI is InChI=1S/C10H21NO4S/c1-3-10(4-2,7-12)11-8-5-16(14,15)6-9(8)13/h8-9,11-13H,3-7H2,1-2H3. The predicted molar refractivity (Wildman–Crippen MR) is 62.0 cm³/mol. The van der Waals surface area contributed by atoms with Crippen LogP contribution in [0.4, 0.5) is 0 Å². The summed E-state index contributed by atoms with van der Waals surface area (Å²) in [4.78, 5) is 0. The van der Waals surface area contributed by atoms with Gasteiger partial charge in [0, 0.05) is 11.6 Å². The van der Waals surface area contributed by atoms with Crippen molar-refractivity contribution in [2.24, 2.45) is 0 Å². The smallest absolute Gasteiger partial charge is 0.154 e. The summed E-state index contributed by atoms with van der Waals surface area (Å²) in [5.41, 5.74) is -0.481. The van der Waals surface area contributed by atoms with Crippen molar-refractivity contribution in [1.29, 1.82) is 0 Å². The van der Waals surface area contributed by atoms with Gasteiger partial charge in [-0.3, -0.25) is 0 Å². The van der Waals surface area contributed by atoms with Crippen LogP contribution in [-0.4, -0.2) is 54.4 Å².